The first-order valence-corrected chi connectivity index (χ1v) is 11.5. The van der Waals surface area contributed by atoms with Gasteiger partial charge in [0.2, 0.25) is 5.88 Å². The third-order valence-electron chi connectivity index (χ3n) is 5.71. The number of aliphatic hydroxyl groups is 1. The lowest BCUT2D eigenvalue weighted by Gasteiger charge is -2.25. The number of hydrogen-bond acceptors (Lipinski definition) is 5. The predicted octanol–water partition coefficient (Wildman–Crippen LogP) is 4.33. The molecular weight excluding hydrogens is 433 g/mol. The van der Waals surface area contributed by atoms with Crippen LogP contribution in [0.4, 0.5) is 4.39 Å². The average Bonchev–Trinajstić information content (AvgIpc) is 3.59. The number of ether oxygens (including phenoxy) is 2. The Morgan fingerprint density at radius 1 is 1.24 bits per heavy atom. The third kappa shape index (κ3) is 6.45. The van der Waals surface area contributed by atoms with Gasteiger partial charge in [-0.05, 0) is 49.9 Å². The van der Waals surface area contributed by atoms with Crippen molar-refractivity contribution in [3.8, 4) is 29.7 Å². The molecule has 1 N–H and O–H groups in total. The summed E-state index contributed by atoms with van der Waals surface area (Å²) in [5, 5.41) is 15.3. The zero-order valence-electron chi connectivity index (χ0n) is 19.4. The Morgan fingerprint density at radius 2 is 2.03 bits per heavy atom. The molecule has 0 radical (unpaired) electrons. The molecule has 1 heterocycles. The summed E-state index contributed by atoms with van der Waals surface area (Å²) in [4.78, 5) is 2.21. The molecule has 1 fully saturated rings. The van der Waals surface area contributed by atoms with E-state index in [1.165, 1.54) is 25.0 Å². The minimum Gasteiger partial charge on any atom is -0.438 e. The van der Waals surface area contributed by atoms with Crippen LogP contribution in [-0.2, 0) is 11.3 Å². The summed E-state index contributed by atoms with van der Waals surface area (Å²) >= 11 is 0. The Morgan fingerprint density at radius 3 is 2.74 bits per heavy atom. The summed E-state index contributed by atoms with van der Waals surface area (Å²) in [5.41, 5.74) is 2.55. The second-order valence-electron chi connectivity index (χ2n) is 8.69. The van der Waals surface area contributed by atoms with Crippen molar-refractivity contribution in [2.75, 3.05) is 26.3 Å². The standard InChI is InChI=1S/C27H30FN3O3/c1-3-14-33-19-24(32)17-30(16-21-12-13-21)18-26-20(2)29-31(23-9-5-4-6-10-23)27(26)34-25-11-7-8-22(28)15-25/h1,4-11,15,21,24,32H,12-14,16-19H2,2H3/t24-/m1/s1. The Kier molecular flexibility index (Phi) is 7.96. The second kappa shape index (κ2) is 11.3. The number of nitrogens with zero attached hydrogens (tertiary/aromatic N) is 3. The van der Waals surface area contributed by atoms with Crippen molar-refractivity contribution in [1.82, 2.24) is 14.7 Å². The highest BCUT2D eigenvalue weighted by molar-refractivity contribution is 5.43. The maximum atomic E-state index is 13.9. The van der Waals surface area contributed by atoms with Crippen molar-refractivity contribution >= 4 is 0 Å². The molecule has 4 rings (SSSR count). The Balaban J connectivity index is 1.63. The molecule has 1 saturated carbocycles. The molecule has 0 aliphatic heterocycles. The van der Waals surface area contributed by atoms with Crippen molar-refractivity contribution in [2.24, 2.45) is 5.92 Å². The summed E-state index contributed by atoms with van der Waals surface area (Å²) in [6.45, 7) is 4.13. The van der Waals surface area contributed by atoms with Crippen LogP contribution in [0.3, 0.4) is 0 Å². The molecule has 1 aliphatic carbocycles. The molecule has 7 heteroatoms. The molecule has 6 nitrogen and oxygen atoms in total. The van der Waals surface area contributed by atoms with Crippen molar-refractivity contribution in [3.05, 3.63) is 71.7 Å². The second-order valence-corrected chi connectivity index (χ2v) is 8.69. The number of aliphatic hydroxyl groups excluding tert-OH is 1. The zero-order valence-corrected chi connectivity index (χ0v) is 19.4. The lowest BCUT2D eigenvalue weighted by atomic mass is 10.2. The van der Waals surface area contributed by atoms with Gasteiger partial charge in [0.25, 0.3) is 0 Å². The van der Waals surface area contributed by atoms with Gasteiger partial charge >= 0.3 is 0 Å². The number of hydrogen-bond donors (Lipinski definition) is 1. The van der Waals surface area contributed by atoms with Gasteiger partial charge < -0.3 is 14.6 Å². The molecule has 1 aliphatic rings. The first-order valence-electron chi connectivity index (χ1n) is 11.5. The molecule has 0 bridgehead atoms. The lowest BCUT2D eigenvalue weighted by molar-refractivity contribution is 0.0250. The van der Waals surface area contributed by atoms with E-state index in [1.807, 2.05) is 37.3 Å². The fourth-order valence-corrected chi connectivity index (χ4v) is 3.91. The number of para-hydroxylation sites is 1. The number of aromatic nitrogens is 2. The predicted molar refractivity (Wildman–Crippen MR) is 128 cm³/mol. The number of rotatable bonds is 12. The largest absolute Gasteiger partial charge is 0.438 e. The van der Waals surface area contributed by atoms with Gasteiger partial charge in [0, 0.05) is 25.7 Å². The van der Waals surface area contributed by atoms with Gasteiger partial charge in [0.15, 0.2) is 0 Å². The fourth-order valence-electron chi connectivity index (χ4n) is 3.91. The molecule has 1 atom stereocenters. The molecule has 34 heavy (non-hydrogen) atoms. The van der Waals surface area contributed by atoms with Crippen molar-refractivity contribution in [3.63, 3.8) is 0 Å². The summed E-state index contributed by atoms with van der Waals surface area (Å²) in [7, 11) is 0. The van der Waals surface area contributed by atoms with Crippen LogP contribution in [0.2, 0.25) is 0 Å². The highest BCUT2D eigenvalue weighted by Crippen LogP contribution is 2.34. The minimum atomic E-state index is -0.663. The third-order valence-corrected chi connectivity index (χ3v) is 5.71. The molecule has 3 aromatic rings. The van der Waals surface area contributed by atoms with Gasteiger partial charge in [-0.3, -0.25) is 4.90 Å². The smallest absolute Gasteiger partial charge is 0.227 e. The van der Waals surface area contributed by atoms with Crippen molar-refractivity contribution in [2.45, 2.75) is 32.4 Å². The number of halogens is 1. The molecule has 0 saturated heterocycles. The zero-order chi connectivity index (χ0) is 23.9. The summed E-state index contributed by atoms with van der Waals surface area (Å²) in [5.74, 6) is 3.60. The Bertz CT molecular complexity index is 1120. The van der Waals surface area contributed by atoms with E-state index in [2.05, 4.69) is 10.8 Å². The van der Waals surface area contributed by atoms with Crippen molar-refractivity contribution < 1.29 is 19.0 Å². The van der Waals surface area contributed by atoms with Gasteiger partial charge in [0.1, 0.15) is 18.2 Å². The maximum absolute atomic E-state index is 13.9. The van der Waals surface area contributed by atoms with Crippen LogP contribution in [0.1, 0.15) is 24.1 Å². The van der Waals surface area contributed by atoms with E-state index in [-0.39, 0.29) is 19.0 Å². The molecule has 178 valence electrons. The molecule has 1 aromatic heterocycles. The van der Waals surface area contributed by atoms with Gasteiger partial charge in [-0.2, -0.15) is 5.10 Å². The molecule has 0 amide bonds. The minimum absolute atomic E-state index is 0.175. The van der Waals surface area contributed by atoms with Crippen LogP contribution in [0.15, 0.2) is 54.6 Å². The van der Waals surface area contributed by atoms with Crippen LogP contribution in [0, 0.1) is 31.0 Å². The van der Waals surface area contributed by atoms with E-state index in [0.717, 1.165) is 23.5 Å². The summed E-state index contributed by atoms with van der Waals surface area (Å²) in [6, 6.07) is 15.8. The van der Waals surface area contributed by atoms with Gasteiger partial charge in [-0.25, -0.2) is 9.07 Å². The van der Waals surface area contributed by atoms with Crippen LogP contribution in [-0.4, -0.2) is 52.2 Å². The first kappa shape index (κ1) is 24.0. The number of terminal acetylenes is 1. The Hall–Kier alpha value is -3.18. The van der Waals surface area contributed by atoms with E-state index >= 15 is 0 Å². The molecule has 0 unspecified atom stereocenters. The topological polar surface area (TPSA) is 59.8 Å². The monoisotopic (exact) mass is 463 g/mol. The van der Waals surface area contributed by atoms with Crippen LogP contribution >= 0.6 is 0 Å². The highest BCUT2D eigenvalue weighted by atomic mass is 19.1. The van der Waals surface area contributed by atoms with Crippen LogP contribution in [0.5, 0.6) is 11.6 Å². The molecular formula is C27H30FN3O3. The summed E-state index contributed by atoms with van der Waals surface area (Å²) < 4.78 is 27.2. The summed E-state index contributed by atoms with van der Waals surface area (Å²) in [6.07, 6.45) is 6.95. The van der Waals surface area contributed by atoms with E-state index in [0.29, 0.717) is 30.6 Å². The SMILES string of the molecule is C#CCOC[C@H](O)CN(Cc1c(C)nn(-c2ccccc2)c1Oc1cccc(F)c1)CC1CC1. The molecule has 2 aromatic carbocycles. The van der Waals surface area contributed by atoms with E-state index in [1.54, 1.807) is 16.8 Å². The lowest BCUT2D eigenvalue weighted by Crippen LogP contribution is -2.36. The first-order chi connectivity index (χ1) is 16.5. The number of benzene rings is 2. The quantitative estimate of drug-likeness (QED) is 0.320. The van der Waals surface area contributed by atoms with Crippen LogP contribution in [0.25, 0.3) is 5.69 Å². The van der Waals surface area contributed by atoms with Gasteiger partial charge in [-0.1, -0.05) is 30.2 Å². The van der Waals surface area contributed by atoms with E-state index in [4.69, 9.17) is 21.0 Å². The van der Waals surface area contributed by atoms with Gasteiger partial charge in [-0.15, -0.1) is 6.42 Å². The van der Waals surface area contributed by atoms with E-state index < -0.39 is 6.10 Å². The average molecular weight is 464 g/mol. The number of aryl methyl sites for hydroxylation is 1. The Labute approximate surface area is 199 Å². The van der Waals surface area contributed by atoms with Crippen LogP contribution < -0.4 is 4.74 Å². The highest BCUT2D eigenvalue weighted by Gasteiger charge is 2.28. The fraction of sp³-hybridized carbons (Fsp3) is 0.370. The normalized spacial score (nSPS) is 14.2. The van der Waals surface area contributed by atoms with E-state index in [9.17, 15) is 9.50 Å². The molecule has 0 spiro atoms. The van der Waals surface area contributed by atoms with Gasteiger partial charge in [0.05, 0.1) is 29.7 Å². The maximum Gasteiger partial charge on any atom is 0.227 e. The van der Waals surface area contributed by atoms with Crippen molar-refractivity contribution in [1.29, 1.82) is 0 Å².